The third-order valence-electron chi connectivity index (χ3n) is 3.79. The number of hydrogen-bond donors (Lipinski definition) is 0. The molecule has 7 nitrogen and oxygen atoms in total. The number of para-hydroxylation sites is 1. The van der Waals surface area contributed by atoms with Gasteiger partial charge in [-0.1, -0.05) is 6.07 Å². The van der Waals surface area contributed by atoms with Gasteiger partial charge in [0, 0.05) is 5.56 Å². The fraction of sp³-hybridized carbons (Fsp3) is 0.211. The van der Waals surface area contributed by atoms with Gasteiger partial charge in [0.15, 0.2) is 17.6 Å². The van der Waals surface area contributed by atoms with Crippen LogP contribution in [0.1, 0.15) is 29.3 Å². The second kappa shape index (κ2) is 7.86. The first-order valence-electron chi connectivity index (χ1n) is 8.04. The van der Waals surface area contributed by atoms with E-state index in [-0.39, 0.29) is 28.9 Å². The molecule has 1 heterocycles. The lowest BCUT2D eigenvalue weighted by Crippen LogP contribution is -2.11. The van der Waals surface area contributed by atoms with Gasteiger partial charge in [-0.25, -0.2) is 9.18 Å². The third-order valence-corrected chi connectivity index (χ3v) is 3.79. The first kappa shape index (κ1) is 18.4. The third kappa shape index (κ3) is 3.89. The Labute approximate surface area is 154 Å². The first-order chi connectivity index (χ1) is 13.0. The molecular formula is C19H17FN2O5. The van der Waals surface area contributed by atoms with Crippen LogP contribution in [-0.2, 0) is 4.74 Å². The molecule has 2 aromatic carbocycles. The number of aromatic nitrogens is 2. The molecule has 1 aromatic heterocycles. The highest BCUT2D eigenvalue weighted by atomic mass is 19.1. The van der Waals surface area contributed by atoms with Crippen LogP contribution in [0.25, 0.3) is 11.5 Å². The van der Waals surface area contributed by atoms with Gasteiger partial charge >= 0.3 is 5.97 Å². The summed E-state index contributed by atoms with van der Waals surface area (Å²) in [5.74, 6) is 0.00919. The van der Waals surface area contributed by atoms with E-state index in [2.05, 4.69) is 10.2 Å². The maximum Gasteiger partial charge on any atom is 0.342 e. The predicted molar refractivity (Wildman–Crippen MR) is 93.1 cm³/mol. The van der Waals surface area contributed by atoms with E-state index in [4.69, 9.17) is 18.6 Å². The zero-order valence-corrected chi connectivity index (χ0v) is 14.9. The molecule has 0 saturated carbocycles. The fourth-order valence-electron chi connectivity index (χ4n) is 2.43. The standard InChI is InChI=1S/C19H17FN2O5/c1-11(17-21-22-18(27-17)12-7-9-13(20)10-8-12)26-19(23)14-5-4-6-15(24-2)16(14)25-3/h4-11H,1-3H3/t11-/m0/s1. The Balaban J connectivity index is 1.77. The highest BCUT2D eigenvalue weighted by Crippen LogP contribution is 2.32. The summed E-state index contributed by atoms with van der Waals surface area (Å²) in [4.78, 5) is 12.5. The second-order valence-corrected chi connectivity index (χ2v) is 5.54. The van der Waals surface area contributed by atoms with Crippen molar-refractivity contribution in [1.29, 1.82) is 0 Å². The average Bonchev–Trinajstić information content (AvgIpc) is 3.18. The zero-order valence-electron chi connectivity index (χ0n) is 14.9. The molecule has 27 heavy (non-hydrogen) atoms. The highest BCUT2D eigenvalue weighted by molar-refractivity contribution is 5.93. The van der Waals surface area contributed by atoms with Crippen LogP contribution < -0.4 is 9.47 Å². The molecule has 0 saturated heterocycles. The molecule has 0 aliphatic rings. The van der Waals surface area contributed by atoms with Gasteiger partial charge < -0.3 is 18.6 Å². The Kier molecular flexibility index (Phi) is 5.35. The monoisotopic (exact) mass is 372 g/mol. The number of carbonyl (C=O) groups excluding carboxylic acids is 1. The van der Waals surface area contributed by atoms with Crippen molar-refractivity contribution in [3.8, 4) is 23.0 Å². The van der Waals surface area contributed by atoms with E-state index in [0.29, 0.717) is 11.3 Å². The summed E-state index contributed by atoms with van der Waals surface area (Å²) in [5, 5.41) is 7.80. The molecule has 0 bridgehead atoms. The van der Waals surface area contributed by atoms with Crippen LogP contribution in [0.2, 0.25) is 0 Å². The summed E-state index contributed by atoms with van der Waals surface area (Å²) in [5.41, 5.74) is 0.769. The lowest BCUT2D eigenvalue weighted by atomic mass is 10.2. The van der Waals surface area contributed by atoms with Gasteiger partial charge in [0.2, 0.25) is 5.89 Å². The molecule has 0 aliphatic carbocycles. The Morgan fingerprint density at radius 1 is 1.07 bits per heavy atom. The van der Waals surface area contributed by atoms with Crippen LogP contribution in [0.3, 0.4) is 0 Å². The second-order valence-electron chi connectivity index (χ2n) is 5.54. The number of esters is 1. The molecule has 0 amide bonds. The van der Waals surface area contributed by atoms with Crippen LogP contribution in [-0.4, -0.2) is 30.4 Å². The highest BCUT2D eigenvalue weighted by Gasteiger charge is 2.23. The maximum atomic E-state index is 13.0. The summed E-state index contributed by atoms with van der Waals surface area (Å²) < 4.78 is 34.4. The van der Waals surface area contributed by atoms with E-state index >= 15 is 0 Å². The summed E-state index contributed by atoms with van der Waals surface area (Å²) in [6.45, 7) is 1.60. The number of halogens is 1. The van der Waals surface area contributed by atoms with Crippen molar-refractivity contribution >= 4 is 5.97 Å². The summed E-state index contributed by atoms with van der Waals surface area (Å²) >= 11 is 0. The minimum absolute atomic E-state index is 0.115. The zero-order chi connectivity index (χ0) is 19.4. The van der Waals surface area contributed by atoms with Crippen LogP contribution in [0, 0.1) is 5.82 Å². The van der Waals surface area contributed by atoms with Crippen molar-refractivity contribution < 1.29 is 27.8 Å². The number of nitrogens with zero attached hydrogens (tertiary/aromatic N) is 2. The van der Waals surface area contributed by atoms with Gasteiger partial charge in [-0.15, -0.1) is 10.2 Å². The van der Waals surface area contributed by atoms with Gasteiger partial charge in [-0.05, 0) is 43.3 Å². The van der Waals surface area contributed by atoms with Crippen molar-refractivity contribution in [2.24, 2.45) is 0 Å². The van der Waals surface area contributed by atoms with Crippen molar-refractivity contribution in [2.75, 3.05) is 14.2 Å². The topological polar surface area (TPSA) is 83.7 Å². The average molecular weight is 372 g/mol. The largest absolute Gasteiger partial charge is 0.493 e. The molecule has 8 heteroatoms. The Hall–Kier alpha value is -3.42. The molecule has 3 rings (SSSR count). The van der Waals surface area contributed by atoms with E-state index in [1.165, 1.54) is 38.5 Å². The first-order valence-corrected chi connectivity index (χ1v) is 8.04. The summed E-state index contributed by atoms with van der Waals surface area (Å²) in [6.07, 6.45) is -0.796. The molecule has 0 spiro atoms. The number of rotatable bonds is 6. The van der Waals surface area contributed by atoms with E-state index < -0.39 is 12.1 Å². The number of ether oxygens (including phenoxy) is 3. The van der Waals surface area contributed by atoms with Crippen LogP contribution in [0.4, 0.5) is 4.39 Å². The number of carbonyl (C=O) groups is 1. The number of methoxy groups -OCH3 is 2. The van der Waals surface area contributed by atoms with Crippen LogP contribution in [0.5, 0.6) is 11.5 Å². The smallest absolute Gasteiger partial charge is 0.342 e. The van der Waals surface area contributed by atoms with Gasteiger partial charge in [-0.2, -0.15) is 0 Å². The van der Waals surface area contributed by atoms with Crippen molar-refractivity contribution in [1.82, 2.24) is 10.2 Å². The normalized spacial score (nSPS) is 11.7. The summed E-state index contributed by atoms with van der Waals surface area (Å²) in [6, 6.07) is 10.5. The van der Waals surface area contributed by atoms with Crippen molar-refractivity contribution in [2.45, 2.75) is 13.0 Å². The lowest BCUT2D eigenvalue weighted by Gasteiger charge is -2.13. The molecule has 0 N–H and O–H groups in total. The Bertz CT molecular complexity index is 940. The SMILES string of the molecule is COc1cccc(C(=O)O[C@@H](C)c2nnc(-c3ccc(F)cc3)o2)c1OC. The Morgan fingerprint density at radius 3 is 2.48 bits per heavy atom. The van der Waals surface area contributed by atoms with Gasteiger partial charge in [-0.3, -0.25) is 0 Å². The van der Waals surface area contributed by atoms with Crippen LogP contribution in [0.15, 0.2) is 46.9 Å². The molecule has 0 radical (unpaired) electrons. The van der Waals surface area contributed by atoms with Crippen LogP contribution >= 0.6 is 0 Å². The lowest BCUT2D eigenvalue weighted by molar-refractivity contribution is 0.0276. The Morgan fingerprint density at radius 2 is 1.81 bits per heavy atom. The molecule has 0 fully saturated rings. The number of benzene rings is 2. The van der Waals surface area contributed by atoms with E-state index in [1.807, 2.05) is 0 Å². The van der Waals surface area contributed by atoms with Gasteiger partial charge in [0.25, 0.3) is 5.89 Å². The number of hydrogen-bond acceptors (Lipinski definition) is 7. The minimum atomic E-state index is -0.796. The van der Waals surface area contributed by atoms with E-state index in [1.54, 1.807) is 25.1 Å². The van der Waals surface area contributed by atoms with E-state index in [9.17, 15) is 9.18 Å². The maximum absolute atomic E-state index is 13.0. The predicted octanol–water partition coefficient (Wildman–Crippen LogP) is 3.81. The van der Waals surface area contributed by atoms with E-state index in [0.717, 1.165) is 0 Å². The molecule has 3 aromatic rings. The molecular weight excluding hydrogens is 355 g/mol. The van der Waals surface area contributed by atoms with Crippen molar-refractivity contribution in [3.05, 3.63) is 59.7 Å². The fourth-order valence-corrected chi connectivity index (χ4v) is 2.43. The quantitative estimate of drug-likeness (QED) is 0.608. The van der Waals surface area contributed by atoms with Gasteiger partial charge in [0.05, 0.1) is 14.2 Å². The molecule has 0 unspecified atom stereocenters. The van der Waals surface area contributed by atoms with Crippen molar-refractivity contribution in [3.63, 3.8) is 0 Å². The molecule has 140 valence electrons. The minimum Gasteiger partial charge on any atom is -0.493 e. The summed E-state index contributed by atoms with van der Waals surface area (Å²) in [7, 11) is 2.91. The molecule has 1 atom stereocenters. The molecule has 0 aliphatic heterocycles. The van der Waals surface area contributed by atoms with Gasteiger partial charge in [0.1, 0.15) is 11.4 Å².